The number of hydrogen-bond donors (Lipinski definition) is 3. The number of fused-ring (bicyclic) bond motifs is 1. The van der Waals surface area contributed by atoms with Gasteiger partial charge in [-0.15, -0.1) is 0 Å². The number of nitrogens with one attached hydrogen (secondary N) is 3. The molecular formula is C23H29N5O4. The molecule has 2 atom stereocenters. The lowest BCUT2D eigenvalue weighted by Crippen LogP contribution is -2.43. The SMILES string of the molecule is CCOc1ccccc1NC(=O)[C@H]1CC(=O)Nc2nc(N3CCCC[C@@H]3CC)[nH]c(=O)c21. The highest BCUT2D eigenvalue weighted by Crippen LogP contribution is 2.33. The van der Waals surface area contributed by atoms with Crippen molar-refractivity contribution in [2.75, 3.05) is 28.7 Å². The van der Waals surface area contributed by atoms with Gasteiger partial charge in [-0.3, -0.25) is 19.4 Å². The van der Waals surface area contributed by atoms with Crippen molar-refractivity contribution in [3.05, 3.63) is 40.2 Å². The molecule has 2 aromatic rings. The maximum atomic E-state index is 13.1. The molecule has 0 spiro atoms. The summed E-state index contributed by atoms with van der Waals surface area (Å²) in [7, 11) is 0. The minimum absolute atomic E-state index is 0.124. The second-order valence-electron chi connectivity index (χ2n) is 8.13. The number of benzene rings is 1. The molecule has 0 aliphatic carbocycles. The van der Waals surface area contributed by atoms with Crippen LogP contribution in [0.3, 0.4) is 0 Å². The third-order valence-electron chi connectivity index (χ3n) is 6.07. The van der Waals surface area contributed by atoms with Crippen molar-refractivity contribution in [1.82, 2.24) is 9.97 Å². The zero-order valence-electron chi connectivity index (χ0n) is 18.4. The van der Waals surface area contributed by atoms with E-state index in [1.807, 2.05) is 13.0 Å². The van der Waals surface area contributed by atoms with Crippen molar-refractivity contribution in [3.8, 4) is 5.75 Å². The summed E-state index contributed by atoms with van der Waals surface area (Å²) in [5.41, 5.74) is 0.278. The molecular weight excluding hydrogens is 410 g/mol. The van der Waals surface area contributed by atoms with E-state index in [-0.39, 0.29) is 23.7 Å². The molecule has 1 fully saturated rings. The summed E-state index contributed by atoms with van der Waals surface area (Å²) < 4.78 is 5.56. The molecule has 3 N–H and O–H groups in total. The van der Waals surface area contributed by atoms with Gasteiger partial charge in [-0.2, -0.15) is 4.98 Å². The van der Waals surface area contributed by atoms with Crippen molar-refractivity contribution in [3.63, 3.8) is 0 Å². The number of rotatable bonds is 6. The van der Waals surface area contributed by atoms with Crippen LogP contribution < -0.4 is 25.8 Å². The van der Waals surface area contributed by atoms with Crippen LogP contribution in [0.2, 0.25) is 0 Å². The Hall–Kier alpha value is -3.36. The van der Waals surface area contributed by atoms with Gasteiger partial charge in [-0.1, -0.05) is 19.1 Å². The Kier molecular flexibility index (Phi) is 6.43. The number of ether oxygens (including phenoxy) is 1. The fraction of sp³-hybridized carbons (Fsp3) is 0.478. The van der Waals surface area contributed by atoms with Crippen LogP contribution in [-0.4, -0.2) is 41.0 Å². The summed E-state index contributed by atoms with van der Waals surface area (Å²) >= 11 is 0. The first kappa shape index (κ1) is 21.9. The molecule has 9 heteroatoms. The van der Waals surface area contributed by atoms with Crippen molar-refractivity contribution < 1.29 is 14.3 Å². The second-order valence-corrected chi connectivity index (χ2v) is 8.13. The van der Waals surface area contributed by atoms with Crippen molar-refractivity contribution in [1.29, 1.82) is 0 Å². The smallest absolute Gasteiger partial charge is 0.258 e. The Morgan fingerprint density at radius 2 is 2.06 bits per heavy atom. The predicted octanol–water partition coefficient (Wildman–Crippen LogP) is 3.00. The van der Waals surface area contributed by atoms with E-state index in [2.05, 4.69) is 32.4 Å². The Bertz CT molecular complexity index is 1070. The molecule has 2 aliphatic rings. The average molecular weight is 440 g/mol. The van der Waals surface area contributed by atoms with Crippen LogP contribution in [-0.2, 0) is 9.59 Å². The van der Waals surface area contributed by atoms with E-state index in [1.165, 1.54) is 0 Å². The monoisotopic (exact) mass is 439 g/mol. The summed E-state index contributed by atoms with van der Waals surface area (Å²) in [6.45, 7) is 5.21. The Morgan fingerprint density at radius 1 is 1.25 bits per heavy atom. The first-order valence-corrected chi connectivity index (χ1v) is 11.2. The molecule has 170 valence electrons. The van der Waals surface area contributed by atoms with Gasteiger partial charge in [0.05, 0.1) is 23.8 Å². The van der Waals surface area contributed by atoms with E-state index >= 15 is 0 Å². The number of nitrogens with zero attached hydrogens (tertiary/aromatic N) is 2. The van der Waals surface area contributed by atoms with E-state index in [0.717, 1.165) is 32.2 Å². The Morgan fingerprint density at radius 3 is 2.84 bits per heavy atom. The maximum Gasteiger partial charge on any atom is 0.258 e. The standard InChI is InChI=1S/C23H29N5O4/c1-3-14-9-7-8-12-28(14)23-26-20-19(22(31)27-23)15(13-18(29)25-20)21(30)24-16-10-5-6-11-17(16)32-4-2/h5-6,10-11,14-15H,3-4,7-9,12-13H2,1-2H3,(H,24,30)(H2,25,26,27,29,31)/t14-,15-/m0/s1. The molecule has 0 radical (unpaired) electrons. The van der Waals surface area contributed by atoms with Crippen molar-refractivity contribution >= 4 is 29.3 Å². The zero-order chi connectivity index (χ0) is 22.7. The number of H-pyrrole nitrogens is 1. The maximum absolute atomic E-state index is 13.1. The number of piperidine rings is 1. The van der Waals surface area contributed by atoms with Crippen molar-refractivity contribution in [2.45, 2.75) is 57.9 Å². The first-order valence-electron chi connectivity index (χ1n) is 11.2. The van der Waals surface area contributed by atoms with E-state index in [1.54, 1.807) is 18.2 Å². The van der Waals surface area contributed by atoms with Crippen LogP contribution in [0.25, 0.3) is 0 Å². The van der Waals surface area contributed by atoms with Gasteiger partial charge in [0, 0.05) is 19.0 Å². The molecule has 0 bridgehead atoms. The lowest BCUT2D eigenvalue weighted by Gasteiger charge is -2.36. The Labute approximate surface area is 186 Å². The molecule has 1 aromatic carbocycles. The van der Waals surface area contributed by atoms with Gasteiger partial charge in [-0.25, -0.2) is 0 Å². The van der Waals surface area contributed by atoms with Crippen LogP contribution >= 0.6 is 0 Å². The summed E-state index contributed by atoms with van der Waals surface area (Å²) in [4.78, 5) is 48.2. The van der Waals surface area contributed by atoms with E-state index in [9.17, 15) is 14.4 Å². The molecule has 0 saturated carbocycles. The van der Waals surface area contributed by atoms with Gasteiger partial charge >= 0.3 is 0 Å². The van der Waals surface area contributed by atoms with Gasteiger partial charge in [0.25, 0.3) is 5.56 Å². The number of amides is 2. The number of aromatic nitrogens is 2. The summed E-state index contributed by atoms with van der Waals surface area (Å²) in [6, 6.07) is 7.36. The lowest BCUT2D eigenvalue weighted by molar-refractivity contribution is -0.123. The lowest BCUT2D eigenvalue weighted by atomic mass is 9.92. The predicted molar refractivity (Wildman–Crippen MR) is 122 cm³/mol. The van der Waals surface area contributed by atoms with Gasteiger partial charge in [-0.05, 0) is 44.7 Å². The van der Waals surface area contributed by atoms with E-state index in [0.29, 0.717) is 30.0 Å². The minimum atomic E-state index is -0.943. The summed E-state index contributed by atoms with van der Waals surface area (Å²) in [6.07, 6.45) is 4.02. The molecule has 2 aliphatic heterocycles. The fourth-order valence-electron chi connectivity index (χ4n) is 4.49. The molecule has 9 nitrogen and oxygen atoms in total. The zero-order valence-corrected chi connectivity index (χ0v) is 18.4. The van der Waals surface area contributed by atoms with Gasteiger partial charge in [0.2, 0.25) is 17.8 Å². The van der Waals surface area contributed by atoms with Crippen LogP contribution in [0.15, 0.2) is 29.1 Å². The highest BCUT2D eigenvalue weighted by Gasteiger charge is 2.36. The first-order chi connectivity index (χ1) is 15.5. The molecule has 0 unspecified atom stereocenters. The van der Waals surface area contributed by atoms with Crippen LogP contribution in [0, 0.1) is 0 Å². The molecule has 2 amide bonds. The normalized spacial score (nSPS) is 20.3. The van der Waals surface area contributed by atoms with Gasteiger partial charge in [0.15, 0.2) is 0 Å². The fourth-order valence-corrected chi connectivity index (χ4v) is 4.49. The van der Waals surface area contributed by atoms with Crippen molar-refractivity contribution in [2.24, 2.45) is 0 Å². The molecule has 3 heterocycles. The highest BCUT2D eigenvalue weighted by molar-refractivity contribution is 6.05. The quantitative estimate of drug-likeness (QED) is 0.637. The van der Waals surface area contributed by atoms with Crippen LogP contribution in [0.1, 0.15) is 57.4 Å². The molecule has 1 aromatic heterocycles. The van der Waals surface area contributed by atoms with Crippen LogP contribution in [0.4, 0.5) is 17.5 Å². The minimum Gasteiger partial charge on any atom is -0.492 e. The molecule has 1 saturated heterocycles. The number of hydrogen-bond acceptors (Lipinski definition) is 6. The summed E-state index contributed by atoms with van der Waals surface area (Å²) in [5.74, 6) is -0.589. The number of anilines is 3. The second kappa shape index (κ2) is 9.42. The van der Waals surface area contributed by atoms with Gasteiger partial charge < -0.3 is 20.3 Å². The number of para-hydroxylation sites is 2. The van der Waals surface area contributed by atoms with Gasteiger partial charge in [0.1, 0.15) is 11.6 Å². The number of aromatic amines is 1. The molecule has 32 heavy (non-hydrogen) atoms. The third kappa shape index (κ3) is 4.32. The number of carbonyl (C=O) groups is 2. The average Bonchev–Trinajstić information content (AvgIpc) is 2.79. The third-order valence-corrected chi connectivity index (χ3v) is 6.07. The van der Waals surface area contributed by atoms with E-state index < -0.39 is 17.4 Å². The highest BCUT2D eigenvalue weighted by atomic mass is 16.5. The number of carbonyl (C=O) groups excluding carboxylic acids is 2. The van der Waals surface area contributed by atoms with E-state index in [4.69, 9.17) is 4.74 Å². The molecule has 4 rings (SSSR count). The largest absolute Gasteiger partial charge is 0.492 e. The van der Waals surface area contributed by atoms with Crippen LogP contribution in [0.5, 0.6) is 5.75 Å². The topological polar surface area (TPSA) is 116 Å². The summed E-state index contributed by atoms with van der Waals surface area (Å²) in [5, 5.41) is 5.51. The Balaban J connectivity index is 1.65.